The van der Waals surface area contributed by atoms with Crippen LogP contribution in [0.1, 0.15) is 9.67 Å². The first-order chi connectivity index (χ1) is 6.24. The molecule has 0 fully saturated rings. The first kappa shape index (κ1) is 9.49. The molecule has 70 valence electrons. The average Bonchev–Trinajstić information content (AvgIpc) is 2.66. The first-order valence-corrected chi connectivity index (χ1v) is 4.22. The fourth-order valence-corrected chi connectivity index (χ4v) is 1.24. The molecule has 0 aliphatic heterocycles. The van der Waals surface area contributed by atoms with Crippen molar-refractivity contribution in [2.45, 2.75) is 0 Å². The van der Waals surface area contributed by atoms with Gasteiger partial charge in [0.05, 0.1) is 4.88 Å². The maximum absolute atomic E-state index is 11.1. The van der Waals surface area contributed by atoms with Crippen LogP contribution >= 0.6 is 11.3 Å². The van der Waals surface area contributed by atoms with Crippen molar-refractivity contribution in [3.63, 3.8) is 0 Å². The Morgan fingerprint density at radius 3 is 2.69 bits per heavy atom. The molecule has 1 heterocycles. The molecule has 0 unspecified atom stereocenters. The van der Waals surface area contributed by atoms with Gasteiger partial charge in [-0.15, -0.1) is 11.3 Å². The monoisotopic (exact) mass is 200 g/mol. The van der Waals surface area contributed by atoms with Gasteiger partial charge in [-0.05, 0) is 11.4 Å². The molecule has 0 saturated carbocycles. The van der Waals surface area contributed by atoms with Crippen molar-refractivity contribution in [1.29, 1.82) is 0 Å². The zero-order chi connectivity index (χ0) is 9.68. The van der Waals surface area contributed by atoms with Gasteiger partial charge < -0.3 is 0 Å². The predicted molar refractivity (Wildman–Crippen MR) is 47.6 cm³/mol. The van der Waals surface area contributed by atoms with Crippen LogP contribution in [0.15, 0.2) is 17.5 Å². The first-order valence-electron chi connectivity index (χ1n) is 3.34. The van der Waals surface area contributed by atoms with Crippen molar-refractivity contribution >= 4 is 23.3 Å². The highest BCUT2D eigenvalue weighted by molar-refractivity contribution is 7.12. The van der Waals surface area contributed by atoms with Crippen LogP contribution < -0.4 is 22.1 Å². The lowest BCUT2D eigenvalue weighted by Crippen LogP contribution is -2.48. The Morgan fingerprint density at radius 2 is 2.15 bits per heavy atom. The van der Waals surface area contributed by atoms with Gasteiger partial charge in [-0.1, -0.05) is 6.07 Å². The van der Waals surface area contributed by atoms with Crippen LogP contribution in [0.2, 0.25) is 0 Å². The third-order valence-electron chi connectivity index (χ3n) is 1.17. The minimum absolute atomic E-state index is 0.376. The normalized spacial score (nSPS) is 9.00. The van der Waals surface area contributed by atoms with E-state index in [9.17, 15) is 9.59 Å². The van der Waals surface area contributed by atoms with Gasteiger partial charge in [0.25, 0.3) is 5.91 Å². The molecule has 0 bridgehead atoms. The highest BCUT2D eigenvalue weighted by atomic mass is 32.1. The minimum atomic E-state index is -0.676. The second-order valence-corrected chi connectivity index (χ2v) is 2.98. The molecular formula is C6H8N4O2S. The Labute approximate surface area is 78.1 Å². The number of carbonyl (C=O) groups excluding carboxylic acids is 2. The van der Waals surface area contributed by atoms with E-state index in [1.807, 2.05) is 0 Å². The van der Waals surface area contributed by atoms with E-state index in [1.54, 1.807) is 22.9 Å². The van der Waals surface area contributed by atoms with Gasteiger partial charge in [0.15, 0.2) is 0 Å². The number of hydrogen-bond donors (Lipinski definition) is 4. The number of hydrogen-bond acceptors (Lipinski definition) is 4. The van der Waals surface area contributed by atoms with E-state index in [4.69, 9.17) is 5.84 Å². The number of carbonyl (C=O) groups is 2. The van der Waals surface area contributed by atoms with Crippen molar-refractivity contribution in [2.24, 2.45) is 5.84 Å². The lowest BCUT2D eigenvalue weighted by Gasteiger charge is -2.03. The zero-order valence-corrected chi connectivity index (χ0v) is 7.35. The maximum Gasteiger partial charge on any atom is 0.347 e. The molecule has 1 aromatic rings. The molecule has 1 aromatic heterocycles. The highest BCUT2D eigenvalue weighted by Crippen LogP contribution is 2.06. The Morgan fingerprint density at radius 1 is 1.38 bits per heavy atom. The fourth-order valence-electron chi connectivity index (χ4n) is 0.619. The summed E-state index contributed by atoms with van der Waals surface area (Å²) in [6.07, 6.45) is 0. The maximum atomic E-state index is 11.1. The number of amides is 3. The smallest absolute Gasteiger partial charge is 0.275 e. The summed E-state index contributed by atoms with van der Waals surface area (Å²) in [6, 6.07) is 2.70. The molecule has 0 spiro atoms. The van der Waals surface area contributed by atoms with Gasteiger partial charge in [0, 0.05) is 0 Å². The summed E-state index contributed by atoms with van der Waals surface area (Å²) < 4.78 is 0. The van der Waals surface area contributed by atoms with Gasteiger partial charge in [-0.2, -0.15) is 0 Å². The Hall–Kier alpha value is -1.60. The molecule has 6 nitrogen and oxygen atoms in total. The van der Waals surface area contributed by atoms with Crippen LogP contribution in [-0.2, 0) is 0 Å². The van der Waals surface area contributed by atoms with Crippen molar-refractivity contribution in [2.75, 3.05) is 0 Å². The van der Waals surface area contributed by atoms with Crippen LogP contribution in [0.5, 0.6) is 0 Å². The molecule has 0 saturated heterocycles. The van der Waals surface area contributed by atoms with Crippen LogP contribution in [0, 0.1) is 0 Å². The molecule has 0 aliphatic carbocycles. The van der Waals surface area contributed by atoms with Gasteiger partial charge >= 0.3 is 6.03 Å². The van der Waals surface area contributed by atoms with E-state index in [1.165, 1.54) is 11.3 Å². The van der Waals surface area contributed by atoms with Crippen molar-refractivity contribution in [1.82, 2.24) is 16.3 Å². The van der Waals surface area contributed by atoms with Crippen LogP contribution in [0.4, 0.5) is 4.79 Å². The third kappa shape index (κ3) is 2.73. The molecule has 0 aromatic carbocycles. The van der Waals surface area contributed by atoms with Crippen molar-refractivity contribution < 1.29 is 9.59 Å². The predicted octanol–water partition coefficient (Wildman–Crippen LogP) is -0.434. The van der Waals surface area contributed by atoms with Crippen LogP contribution in [-0.4, -0.2) is 11.9 Å². The highest BCUT2D eigenvalue weighted by Gasteiger charge is 2.05. The number of nitrogens with two attached hydrogens (primary N) is 1. The van der Waals surface area contributed by atoms with Crippen LogP contribution in [0.25, 0.3) is 0 Å². The summed E-state index contributed by atoms with van der Waals surface area (Å²) in [5.74, 6) is 4.39. The SMILES string of the molecule is NNC(=O)NNC(=O)c1cccs1. The number of thiophene rings is 1. The number of nitrogens with one attached hydrogen (secondary N) is 3. The summed E-state index contributed by atoms with van der Waals surface area (Å²) in [5, 5.41) is 1.76. The molecule has 7 heteroatoms. The van der Waals surface area contributed by atoms with E-state index in [0.717, 1.165) is 0 Å². The van der Waals surface area contributed by atoms with E-state index in [0.29, 0.717) is 4.88 Å². The van der Waals surface area contributed by atoms with E-state index in [-0.39, 0.29) is 5.91 Å². The topological polar surface area (TPSA) is 96.2 Å². The Balaban J connectivity index is 2.39. The second-order valence-electron chi connectivity index (χ2n) is 2.03. The summed E-state index contributed by atoms with van der Waals surface area (Å²) in [6.45, 7) is 0. The minimum Gasteiger partial charge on any atom is -0.275 e. The molecule has 3 amide bonds. The van der Waals surface area contributed by atoms with Gasteiger partial charge in [0.1, 0.15) is 0 Å². The number of hydrazine groups is 2. The van der Waals surface area contributed by atoms with E-state index >= 15 is 0 Å². The molecule has 0 aliphatic rings. The van der Waals surface area contributed by atoms with Gasteiger partial charge in [-0.3, -0.25) is 15.6 Å². The lowest BCUT2D eigenvalue weighted by molar-refractivity contribution is 0.0940. The third-order valence-corrected chi connectivity index (χ3v) is 2.03. The summed E-state index contributed by atoms with van der Waals surface area (Å²) in [5.41, 5.74) is 6.02. The molecule has 5 N–H and O–H groups in total. The lowest BCUT2D eigenvalue weighted by atomic mass is 10.4. The molecule has 0 radical (unpaired) electrons. The summed E-state index contributed by atoms with van der Waals surface area (Å²) in [4.78, 5) is 22.2. The summed E-state index contributed by atoms with van der Waals surface area (Å²) >= 11 is 1.28. The molecule has 0 atom stereocenters. The summed E-state index contributed by atoms with van der Waals surface area (Å²) in [7, 11) is 0. The average molecular weight is 200 g/mol. The van der Waals surface area contributed by atoms with Crippen LogP contribution in [0.3, 0.4) is 0 Å². The molecule has 13 heavy (non-hydrogen) atoms. The van der Waals surface area contributed by atoms with Crippen molar-refractivity contribution in [3.05, 3.63) is 22.4 Å². The number of urea groups is 1. The van der Waals surface area contributed by atoms with E-state index in [2.05, 4.69) is 10.9 Å². The number of rotatable bonds is 1. The van der Waals surface area contributed by atoms with Gasteiger partial charge in [-0.25, -0.2) is 16.1 Å². The second kappa shape index (κ2) is 4.43. The fraction of sp³-hybridized carbons (Fsp3) is 0. The van der Waals surface area contributed by atoms with E-state index < -0.39 is 6.03 Å². The molecule has 1 rings (SSSR count). The Kier molecular flexibility index (Phi) is 3.23. The quantitative estimate of drug-likeness (QED) is 0.281. The standard InChI is InChI=1S/C6H8N4O2S/c7-8-6(12)10-9-5(11)4-2-1-3-13-4/h1-3H,7H2,(H,9,11)(H2,8,10,12). The van der Waals surface area contributed by atoms with Crippen molar-refractivity contribution in [3.8, 4) is 0 Å². The largest absolute Gasteiger partial charge is 0.347 e. The molecular weight excluding hydrogens is 192 g/mol. The zero-order valence-electron chi connectivity index (χ0n) is 6.53. The Bertz CT molecular complexity index is 298. The van der Waals surface area contributed by atoms with Gasteiger partial charge in [0.2, 0.25) is 0 Å².